The molecular formula is C12H19IN2O3. The van der Waals surface area contributed by atoms with Gasteiger partial charge in [-0.3, -0.25) is 9.59 Å². The van der Waals surface area contributed by atoms with E-state index in [0.29, 0.717) is 0 Å². The molecule has 18 heavy (non-hydrogen) atoms. The lowest BCUT2D eigenvalue weighted by Gasteiger charge is -2.48. The van der Waals surface area contributed by atoms with E-state index in [9.17, 15) is 14.7 Å². The van der Waals surface area contributed by atoms with Crippen LogP contribution in [0.2, 0.25) is 0 Å². The molecule has 2 amide bonds. The van der Waals surface area contributed by atoms with Crippen LogP contribution < -0.4 is 10.6 Å². The molecule has 2 saturated heterocycles. The number of rotatable bonds is 5. The van der Waals surface area contributed by atoms with Crippen molar-refractivity contribution in [2.24, 2.45) is 11.8 Å². The molecule has 2 aliphatic rings. The quantitative estimate of drug-likeness (QED) is 0.370. The van der Waals surface area contributed by atoms with Gasteiger partial charge < -0.3 is 15.7 Å². The number of carbonyl (C=O) groups excluding carboxylic acids is 2. The lowest BCUT2D eigenvalue weighted by atomic mass is 9.71. The highest BCUT2D eigenvalue weighted by atomic mass is 127. The number of β-lactam (4-membered cyclic amide) rings is 1. The van der Waals surface area contributed by atoms with Crippen LogP contribution in [0.3, 0.4) is 0 Å². The Morgan fingerprint density at radius 1 is 1.44 bits per heavy atom. The molecule has 0 aromatic carbocycles. The zero-order valence-corrected chi connectivity index (χ0v) is 12.7. The summed E-state index contributed by atoms with van der Waals surface area (Å²) in [7, 11) is 0. The van der Waals surface area contributed by atoms with Gasteiger partial charge in [0.2, 0.25) is 5.91 Å². The number of aliphatic hydroxyl groups is 1. The van der Waals surface area contributed by atoms with E-state index in [1.807, 2.05) is 13.8 Å². The summed E-state index contributed by atoms with van der Waals surface area (Å²) in [6.45, 7) is 3.71. The average molecular weight is 366 g/mol. The molecule has 3 N–H and O–H groups in total. The standard InChI is InChI=1S/C12H19IN2O3/c1-6(2)9(16)12-8(14-11(12)18)7(4-3-5-13)10(17)15-12/h6-9,16H,3-5H2,1-2H3,(H,14,18)(H,15,17)/t7-,8+,9+,12+/m1/s1. The van der Waals surface area contributed by atoms with Crippen molar-refractivity contribution in [2.45, 2.75) is 44.4 Å². The van der Waals surface area contributed by atoms with Crippen molar-refractivity contribution in [1.29, 1.82) is 0 Å². The SMILES string of the molecule is CC(C)[C@H](O)[C@@]12NC(=O)[C@H](CCCI)[C@@H]1NC2=O. The van der Waals surface area contributed by atoms with E-state index in [0.717, 1.165) is 17.3 Å². The van der Waals surface area contributed by atoms with E-state index < -0.39 is 11.6 Å². The number of amides is 2. The van der Waals surface area contributed by atoms with E-state index in [4.69, 9.17) is 0 Å². The molecule has 2 heterocycles. The van der Waals surface area contributed by atoms with Gasteiger partial charge in [0.25, 0.3) is 5.91 Å². The highest BCUT2D eigenvalue weighted by Gasteiger charge is 2.68. The Morgan fingerprint density at radius 3 is 2.61 bits per heavy atom. The van der Waals surface area contributed by atoms with Crippen LogP contribution in [0.25, 0.3) is 0 Å². The Balaban J connectivity index is 2.20. The molecule has 2 fully saturated rings. The third-order valence-electron chi connectivity index (χ3n) is 3.97. The van der Waals surface area contributed by atoms with Gasteiger partial charge in [0.15, 0.2) is 5.54 Å². The van der Waals surface area contributed by atoms with Crippen molar-refractivity contribution in [3.63, 3.8) is 0 Å². The number of fused-ring (bicyclic) bond motifs is 1. The number of hydrogen-bond acceptors (Lipinski definition) is 3. The fourth-order valence-corrected chi connectivity index (χ4v) is 3.39. The summed E-state index contributed by atoms with van der Waals surface area (Å²) in [6, 6.07) is -0.252. The van der Waals surface area contributed by atoms with Crippen LogP contribution in [-0.4, -0.2) is 39.0 Å². The molecule has 0 aliphatic carbocycles. The lowest BCUT2D eigenvalue weighted by Crippen LogP contribution is -2.80. The van der Waals surface area contributed by atoms with Crippen LogP contribution in [0.4, 0.5) is 0 Å². The minimum Gasteiger partial charge on any atom is -0.390 e. The smallest absolute Gasteiger partial charge is 0.251 e. The maximum Gasteiger partial charge on any atom is 0.251 e. The van der Waals surface area contributed by atoms with Crippen molar-refractivity contribution in [3.8, 4) is 0 Å². The predicted molar refractivity (Wildman–Crippen MR) is 75.3 cm³/mol. The molecule has 2 rings (SSSR count). The summed E-state index contributed by atoms with van der Waals surface area (Å²) >= 11 is 2.27. The number of nitrogens with one attached hydrogen (secondary N) is 2. The molecule has 2 aliphatic heterocycles. The van der Waals surface area contributed by atoms with Gasteiger partial charge in [0.05, 0.1) is 18.1 Å². The molecule has 0 radical (unpaired) electrons. The van der Waals surface area contributed by atoms with Crippen LogP contribution in [0, 0.1) is 11.8 Å². The van der Waals surface area contributed by atoms with E-state index in [2.05, 4.69) is 33.2 Å². The van der Waals surface area contributed by atoms with E-state index >= 15 is 0 Å². The monoisotopic (exact) mass is 366 g/mol. The summed E-state index contributed by atoms with van der Waals surface area (Å²) in [4.78, 5) is 23.9. The summed E-state index contributed by atoms with van der Waals surface area (Å²) in [6.07, 6.45) is 0.871. The second-order valence-corrected chi connectivity index (χ2v) is 6.51. The lowest BCUT2D eigenvalue weighted by molar-refractivity contribution is -0.148. The first-order valence-electron chi connectivity index (χ1n) is 6.32. The Hall–Kier alpha value is -0.370. The minimum atomic E-state index is -1.08. The third-order valence-corrected chi connectivity index (χ3v) is 4.73. The van der Waals surface area contributed by atoms with Crippen molar-refractivity contribution in [1.82, 2.24) is 10.6 Å². The molecular weight excluding hydrogens is 347 g/mol. The Morgan fingerprint density at radius 2 is 2.11 bits per heavy atom. The van der Waals surface area contributed by atoms with E-state index in [-0.39, 0.29) is 29.7 Å². The van der Waals surface area contributed by atoms with Crippen LogP contribution in [0.1, 0.15) is 26.7 Å². The molecule has 0 bridgehead atoms. The average Bonchev–Trinajstić information content (AvgIpc) is 2.55. The number of halogens is 1. The molecule has 5 nitrogen and oxygen atoms in total. The highest BCUT2D eigenvalue weighted by molar-refractivity contribution is 14.1. The van der Waals surface area contributed by atoms with Crippen LogP contribution in [0.5, 0.6) is 0 Å². The maximum atomic E-state index is 12.0. The molecule has 6 heteroatoms. The third kappa shape index (κ3) is 1.84. The summed E-state index contributed by atoms with van der Waals surface area (Å²) in [5.41, 5.74) is -1.08. The number of alkyl halides is 1. The second kappa shape index (κ2) is 4.96. The largest absolute Gasteiger partial charge is 0.390 e. The van der Waals surface area contributed by atoms with Gasteiger partial charge in [-0.05, 0) is 23.2 Å². The minimum absolute atomic E-state index is 0.0674. The van der Waals surface area contributed by atoms with E-state index in [1.165, 1.54) is 0 Å². The predicted octanol–water partition coefficient (Wildman–Crippen LogP) is 0.202. The Bertz CT molecular complexity index is 374. The maximum absolute atomic E-state index is 12.0. The molecule has 4 atom stereocenters. The second-order valence-electron chi connectivity index (χ2n) is 5.44. The van der Waals surface area contributed by atoms with Crippen LogP contribution in [0.15, 0.2) is 0 Å². The molecule has 0 aromatic rings. The molecule has 0 aromatic heterocycles. The first-order chi connectivity index (χ1) is 8.45. The van der Waals surface area contributed by atoms with Gasteiger partial charge in [0, 0.05) is 0 Å². The van der Waals surface area contributed by atoms with Crippen LogP contribution >= 0.6 is 22.6 Å². The number of hydrogen-bond donors (Lipinski definition) is 3. The summed E-state index contributed by atoms with van der Waals surface area (Å²) < 4.78 is 0.988. The fraction of sp³-hybridized carbons (Fsp3) is 0.833. The molecule has 102 valence electrons. The van der Waals surface area contributed by atoms with Gasteiger partial charge >= 0.3 is 0 Å². The zero-order chi connectivity index (χ0) is 13.5. The van der Waals surface area contributed by atoms with Crippen molar-refractivity contribution < 1.29 is 14.7 Å². The Labute approximate surface area is 120 Å². The van der Waals surface area contributed by atoms with Crippen molar-refractivity contribution in [3.05, 3.63) is 0 Å². The number of aliphatic hydroxyl groups excluding tert-OH is 1. The van der Waals surface area contributed by atoms with Gasteiger partial charge in [0.1, 0.15) is 0 Å². The first-order valence-corrected chi connectivity index (χ1v) is 7.84. The summed E-state index contributed by atoms with van der Waals surface area (Å²) in [5.74, 6) is -0.630. The van der Waals surface area contributed by atoms with Crippen LogP contribution in [-0.2, 0) is 9.59 Å². The number of carbonyl (C=O) groups is 2. The molecule has 0 spiro atoms. The molecule has 0 saturated carbocycles. The molecule has 0 unspecified atom stereocenters. The fourth-order valence-electron chi connectivity index (χ4n) is 2.95. The summed E-state index contributed by atoms with van der Waals surface area (Å²) in [5, 5.41) is 15.8. The van der Waals surface area contributed by atoms with Gasteiger partial charge in [-0.15, -0.1) is 0 Å². The van der Waals surface area contributed by atoms with Crippen molar-refractivity contribution in [2.75, 3.05) is 4.43 Å². The van der Waals surface area contributed by atoms with Gasteiger partial charge in [-0.1, -0.05) is 36.4 Å². The van der Waals surface area contributed by atoms with Gasteiger partial charge in [-0.25, -0.2) is 0 Å². The first kappa shape index (κ1) is 14.0. The van der Waals surface area contributed by atoms with E-state index in [1.54, 1.807) is 0 Å². The van der Waals surface area contributed by atoms with Gasteiger partial charge in [-0.2, -0.15) is 0 Å². The highest BCUT2D eigenvalue weighted by Crippen LogP contribution is 2.40. The zero-order valence-electron chi connectivity index (χ0n) is 10.6. The van der Waals surface area contributed by atoms with Crippen molar-refractivity contribution >= 4 is 34.4 Å². The topological polar surface area (TPSA) is 78.4 Å². The Kier molecular flexibility index (Phi) is 3.87. The normalized spacial score (nSPS) is 35.8.